The number of piperazine rings is 1. The highest BCUT2D eigenvalue weighted by molar-refractivity contribution is 7.84. The fourth-order valence-electron chi connectivity index (χ4n) is 4.98. The number of carbonyl (C=O) groups is 5. The molecule has 2 aliphatic rings. The Morgan fingerprint density at radius 2 is 1.50 bits per heavy atom. The third-order valence-electron chi connectivity index (χ3n) is 7.49. The van der Waals surface area contributed by atoms with Gasteiger partial charge in [-0.05, 0) is 12.0 Å². The van der Waals surface area contributed by atoms with Gasteiger partial charge >= 0.3 is 28.1 Å². The lowest BCUT2D eigenvalue weighted by Gasteiger charge is -2.36. The lowest BCUT2D eigenvalue weighted by Crippen LogP contribution is -2.66. The van der Waals surface area contributed by atoms with Crippen LogP contribution >= 0.6 is 0 Å². The van der Waals surface area contributed by atoms with Gasteiger partial charge in [-0.3, -0.25) is 28.6 Å². The SMILES string of the molecule is CCCCCCCCCCCCN1CCN(C(=O)NC(C(=O)NC2CN(S(=O)(=O)O)C2=O)c2ccccc2)C(=O)C1=O. The first-order valence-corrected chi connectivity index (χ1v) is 16.0. The first kappa shape index (κ1) is 33.0. The fourth-order valence-corrected chi connectivity index (χ4v) is 5.68. The summed E-state index contributed by atoms with van der Waals surface area (Å²) in [6.07, 6.45) is 11.5. The van der Waals surface area contributed by atoms with Crippen LogP contribution in [0.2, 0.25) is 0 Å². The molecule has 1 aromatic carbocycles. The Hall–Kier alpha value is -3.52. The molecule has 3 N–H and O–H groups in total. The second-order valence-electron chi connectivity index (χ2n) is 10.6. The van der Waals surface area contributed by atoms with Gasteiger partial charge in [-0.15, -0.1) is 0 Å². The Morgan fingerprint density at radius 3 is 2.07 bits per heavy atom. The predicted octanol–water partition coefficient (Wildman–Crippen LogP) is 2.16. The molecule has 0 saturated carbocycles. The highest BCUT2D eigenvalue weighted by atomic mass is 32.2. The summed E-state index contributed by atoms with van der Waals surface area (Å²) in [6.45, 7) is 2.31. The number of hydrogen-bond donors (Lipinski definition) is 3. The van der Waals surface area contributed by atoms with Crippen LogP contribution in [0.1, 0.15) is 82.7 Å². The highest BCUT2D eigenvalue weighted by Gasteiger charge is 2.45. The van der Waals surface area contributed by atoms with Crippen molar-refractivity contribution in [3.05, 3.63) is 35.9 Å². The maximum absolute atomic E-state index is 13.1. The van der Waals surface area contributed by atoms with Crippen molar-refractivity contribution in [2.24, 2.45) is 0 Å². The van der Waals surface area contributed by atoms with Gasteiger partial charge in [-0.1, -0.05) is 95.0 Å². The largest absolute Gasteiger partial charge is 0.362 e. The lowest BCUT2D eigenvalue weighted by molar-refractivity contribution is -0.153. The van der Waals surface area contributed by atoms with Crippen LogP contribution in [0.15, 0.2) is 30.3 Å². The van der Waals surface area contributed by atoms with Crippen LogP contribution < -0.4 is 10.6 Å². The minimum absolute atomic E-state index is 0.0400. The summed E-state index contributed by atoms with van der Waals surface area (Å²) in [5.41, 5.74) is 0.333. The van der Waals surface area contributed by atoms with Gasteiger partial charge in [-0.2, -0.15) is 8.42 Å². The molecule has 2 fully saturated rings. The van der Waals surface area contributed by atoms with E-state index in [0.29, 0.717) is 12.1 Å². The van der Waals surface area contributed by atoms with E-state index in [0.717, 1.165) is 30.6 Å². The summed E-state index contributed by atoms with van der Waals surface area (Å²) in [5, 5.41) is 4.81. The quantitative estimate of drug-likeness (QED) is 0.111. The van der Waals surface area contributed by atoms with E-state index in [-0.39, 0.29) is 17.4 Å². The molecule has 42 heavy (non-hydrogen) atoms. The van der Waals surface area contributed by atoms with E-state index in [9.17, 15) is 32.4 Å². The van der Waals surface area contributed by atoms with E-state index in [1.807, 2.05) is 0 Å². The Bertz CT molecular complexity index is 1230. The molecule has 0 bridgehead atoms. The molecule has 2 heterocycles. The number of urea groups is 1. The Morgan fingerprint density at radius 1 is 0.905 bits per heavy atom. The number of imide groups is 1. The van der Waals surface area contributed by atoms with E-state index < -0.39 is 58.6 Å². The summed E-state index contributed by atoms with van der Waals surface area (Å²) < 4.78 is 31.6. The van der Waals surface area contributed by atoms with Crippen LogP contribution in [0.25, 0.3) is 0 Å². The van der Waals surface area contributed by atoms with Gasteiger partial charge in [0.25, 0.3) is 5.91 Å². The molecule has 0 radical (unpaired) electrons. The number of rotatable bonds is 16. The Labute approximate surface area is 246 Å². The second-order valence-corrected chi connectivity index (χ2v) is 12.0. The molecule has 0 spiro atoms. The smallest absolute Gasteiger partial charge is 0.341 e. The molecule has 3 rings (SSSR count). The number of β-lactam (4-membered cyclic amide) rings is 1. The first-order valence-electron chi connectivity index (χ1n) is 14.6. The molecule has 2 unspecified atom stereocenters. The fraction of sp³-hybridized carbons (Fsp3) is 0.607. The summed E-state index contributed by atoms with van der Waals surface area (Å²) >= 11 is 0. The van der Waals surface area contributed by atoms with Crippen LogP contribution in [-0.2, 0) is 29.5 Å². The van der Waals surface area contributed by atoms with Crippen molar-refractivity contribution in [3.63, 3.8) is 0 Å². The predicted molar refractivity (Wildman–Crippen MR) is 153 cm³/mol. The highest BCUT2D eigenvalue weighted by Crippen LogP contribution is 2.19. The van der Waals surface area contributed by atoms with Crippen molar-refractivity contribution in [1.29, 1.82) is 0 Å². The summed E-state index contributed by atoms with van der Waals surface area (Å²) in [5.74, 6) is -3.63. The van der Waals surface area contributed by atoms with E-state index in [1.165, 1.54) is 43.4 Å². The zero-order valence-electron chi connectivity index (χ0n) is 24.0. The molecule has 0 aliphatic carbocycles. The minimum Gasteiger partial charge on any atom is -0.341 e. The average molecular weight is 608 g/mol. The summed E-state index contributed by atoms with van der Waals surface area (Å²) in [7, 11) is -4.74. The molecule has 2 saturated heterocycles. The van der Waals surface area contributed by atoms with Crippen LogP contribution in [0.4, 0.5) is 4.79 Å². The molecule has 2 atom stereocenters. The van der Waals surface area contributed by atoms with Gasteiger partial charge in [0.15, 0.2) is 0 Å². The number of nitrogens with one attached hydrogen (secondary N) is 2. The molecule has 14 heteroatoms. The maximum atomic E-state index is 13.1. The zero-order valence-corrected chi connectivity index (χ0v) is 24.8. The standard InChI is InChI=1S/C28H41N5O8S/c1-2-3-4-5-6-7-8-9-10-14-17-31-18-19-32(27(37)26(31)36)28(38)30-23(21-15-12-11-13-16-21)24(34)29-22-20-33(25(22)35)42(39,40)41/h11-13,15-16,22-23H,2-10,14,17-20H2,1H3,(H,29,34)(H,30,38)(H,39,40,41). The van der Waals surface area contributed by atoms with Crippen LogP contribution in [0.3, 0.4) is 0 Å². The van der Waals surface area contributed by atoms with E-state index in [4.69, 9.17) is 4.55 Å². The van der Waals surface area contributed by atoms with E-state index >= 15 is 0 Å². The number of unbranched alkanes of at least 4 members (excludes halogenated alkanes) is 9. The molecule has 6 amide bonds. The number of carbonyl (C=O) groups excluding carboxylic acids is 5. The lowest BCUT2D eigenvalue weighted by atomic mass is 10.0. The topological polar surface area (TPSA) is 173 Å². The molecule has 13 nitrogen and oxygen atoms in total. The Kier molecular flexibility index (Phi) is 12.3. The summed E-state index contributed by atoms with van der Waals surface area (Å²) in [4.78, 5) is 65.9. The number of nitrogens with zero attached hydrogens (tertiary/aromatic N) is 3. The number of hydrogen-bond acceptors (Lipinski definition) is 7. The van der Waals surface area contributed by atoms with Crippen molar-refractivity contribution in [2.45, 2.75) is 83.2 Å². The normalized spacial score (nSPS) is 18.1. The monoisotopic (exact) mass is 607 g/mol. The van der Waals surface area contributed by atoms with Crippen molar-refractivity contribution >= 4 is 40.0 Å². The van der Waals surface area contributed by atoms with Crippen LogP contribution in [-0.4, -0.2) is 89.0 Å². The van der Waals surface area contributed by atoms with Crippen molar-refractivity contribution in [2.75, 3.05) is 26.2 Å². The Balaban J connectivity index is 1.49. The molecular formula is C28H41N5O8S. The zero-order chi connectivity index (χ0) is 30.7. The van der Waals surface area contributed by atoms with Gasteiger partial charge in [0.1, 0.15) is 12.1 Å². The maximum Gasteiger partial charge on any atom is 0.362 e. The van der Waals surface area contributed by atoms with E-state index in [2.05, 4.69) is 17.6 Å². The van der Waals surface area contributed by atoms with Crippen molar-refractivity contribution in [3.8, 4) is 0 Å². The van der Waals surface area contributed by atoms with Gasteiger partial charge < -0.3 is 15.5 Å². The molecule has 0 aromatic heterocycles. The number of amides is 6. The van der Waals surface area contributed by atoms with Crippen molar-refractivity contribution in [1.82, 2.24) is 24.7 Å². The molecule has 1 aromatic rings. The number of benzene rings is 1. The van der Waals surface area contributed by atoms with Crippen LogP contribution in [0, 0.1) is 0 Å². The third-order valence-corrected chi connectivity index (χ3v) is 8.37. The minimum atomic E-state index is -4.74. The average Bonchev–Trinajstić information content (AvgIpc) is 2.96. The van der Waals surface area contributed by atoms with Crippen LogP contribution in [0.5, 0.6) is 0 Å². The second kappa shape index (κ2) is 15.6. The molecule has 2 aliphatic heterocycles. The summed E-state index contributed by atoms with van der Waals surface area (Å²) in [6, 6.07) is 4.52. The molecule has 232 valence electrons. The van der Waals surface area contributed by atoms with Gasteiger partial charge in [0.2, 0.25) is 5.91 Å². The molecular weight excluding hydrogens is 566 g/mol. The van der Waals surface area contributed by atoms with Gasteiger partial charge in [0.05, 0.1) is 6.54 Å². The van der Waals surface area contributed by atoms with E-state index in [1.54, 1.807) is 30.3 Å². The van der Waals surface area contributed by atoms with Gasteiger partial charge in [-0.25, -0.2) is 9.10 Å². The van der Waals surface area contributed by atoms with Crippen molar-refractivity contribution < 1.29 is 36.9 Å². The first-order chi connectivity index (χ1) is 20.0. The van der Waals surface area contributed by atoms with Gasteiger partial charge in [0, 0.05) is 19.6 Å². The third kappa shape index (κ3) is 8.99.